The molecule has 1 amide bonds. The Morgan fingerprint density at radius 1 is 1.20 bits per heavy atom. The summed E-state index contributed by atoms with van der Waals surface area (Å²) in [7, 11) is 0. The second-order valence-corrected chi connectivity index (χ2v) is 6.61. The molecule has 0 atom stereocenters. The van der Waals surface area contributed by atoms with Gasteiger partial charge in [0.05, 0.1) is 12.2 Å². The number of aryl methyl sites for hydroxylation is 1. The predicted octanol–water partition coefficient (Wildman–Crippen LogP) is 3.90. The van der Waals surface area contributed by atoms with Crippen LogP contribution in [0.15, 0.2) is 64.7 Å². The van der Waals surface area contributed by atoms with Gasteiger partial charge in [-0.1, -0.05) is 30.3 Å². The lowest BCUT2D eigenvalue weighted by atomic mass is 10.2. The fourth-order valence-corrected chi connectivity index (χ4v) is 3.36. The SMILES string of the molecule is O=C(CCc1ccc(-c2ccccc2)o1)NCc1cn2ccsc2n1. The molecule has 1 N–H and O–H groups in total. The Balaban J connectivity index is 1.28. The van der Waals surface area contributed by atoms with Crippen LogP contribution in [-0.2, 0) is 17.8 Å². The van der Waals surface area contributed by atoms with Crippen LogP contribution in [0.3, 0.4) is 0 Å². The van der Waals surface area contributed by atoms with Gasteiger partial charge in [-0.2, -0.15) is 0 Å². The van der Waals surface area contributed by atoms with Crippen LogP contribution in [0.25, 0.3) is 16.3 Å². The molecule has 0 unspecified atom stereocenters. The summed E-state index contributed by atoms with van der Waals surface area (Å²) in [5, 5.41) is 4.89. The maximum absolute atomic E-state index is 12.0. The number of rotatable bonds is 6. The molecule has 0 bridgehead atoms. The number of thiazole rings is 1. The zero-order valence-electron chi connectivity index (χ0n) is 13.5. The van der Waals surface area contributed by atoms with Crippen LogP contribution in [0.2, 0.25) is 0 Å². The number of furan rings is 1. The monoisotopic (exact) mass is 351 g/mol. The minimum absolute atomic E-state index is 0.00554. The average molecular weight is 351 g/mol. The summed E-state index contributed by atoms with van der Waals surface area (Å²) in [6.45, 7) is 0.445. The number of hydrogen-bond donors (Lipinski definition) is 1. The van der Waals surface area contributed by atoms with Gasteiger partial charge in [-0.25, -0.2) is 4.98 Å². The van der Waals surface area contributed by atoms with Crippen LogP contribution in [0.1, 0.15) is 17.9 Å². The van der Waals surface area contributed by atoms with Gasteiger partial charge < -0.3 is 9.73 Å². The van der Waals surface area contributed by atoms with Gasteiger partial charge in [-0.3, -0.25) is 9.20 Å². The summed E-state index contributed by atoms with van der Waals surface area (Å²) >= 11 is 1.58. The van der Waals surface area contributed by atoms with Crippen molar-refractivity contribution in [3.8, 4) is 11.3 Å². The Morgan fingerprint density at radius 2 is 2.08 bits per heavy atom. The van der Waals surface area contributed by atoms with Crippen LogP contribution in [-0.4, -0.2) is 15.3 Å². The number of carbonyl (C=O) groups excluding carboxylic acids is 1. The smallest absolute Gasteiger partial charge is 0.220 e. The van der Waals surface area contributed by atoms with E-state index in [1.54, 1.807) is 11.3 Å². The van der Waals surface area contributed by atoms with Crippen molar-refractivity contribution in [1.29, 1.82) is 0 Å². The number of benzene rings is 1. The van der Waals surface area contributed by atoms with Crippen LogP contribution < -0.4 is 5.32 Å². The minimum atomic E-state index is -0.00554. The first-order chi connectivity index (χ1) is 12.3. The van der Waals surface area contributed by atoms with Crippen molar-refractivity contribution < 1.29 is 9.21 Å². The predicted molar refractivity (Wildman–Crippen MR) is 97.4 cm³/mol. The maximum atomic E-state index is 12.0. The van der Waals surface area contributed by atoms with E-state index in [4.69, 9.17) is 4.42 Å². The van der Waals surface area contributed by atoms with E-state index in [0.29, 0.717) is 19.4 Å². The van der Waals surface area contributed by atoms with E-state index in [1.807, 2.05) is 64.6 Å². The first-order valence-electron chi connectivity index (χ1n) is 8.10. The highest BCUT2D eigenvalue weighted by Gasteiger charge is 2.08. The molecule has 4 rings (SSSR count). The molecular formula is C19H17N3O2S. The number of nitrogens with zero attached hydrogens (tertiary/aromatic N) is 2. The van der Waals surface area contributed by atoms with Gasteiger partial charge in [-0.15, -0.1) is 11.3 Å². The summed E-state index contributed by atoms with van der Waals surface area (Å²) < 4.78 is 7.78. The van der Waals surface area contributed by atoms with Gasteiger partial charge in [0.15, 0.2) is 4.96 Å². The normalized spacial score (nSPS) is 11.0. The molecular weight excluding hydrogens is 334 g/mol. The van der Waals surface area contributed by atoms with Crippen molar-refractivity contribution >= 4 is 22.2 Å². The molecule has 3 heterocycles. The van der Waals surface area contributed by atoms with Crippen molar-refractivity contribution in [1.82, 2.24) is 14.7 Å². The molecule has 6 heteroatoms. The van der Waals surface area contributed by atoms with Gasteiger partial charge in [-0.05, 0) is 12.1 Å². The summed E-state index contributed by atoms with van der Waals surface area (Å²) in [4.78, 5) is 17.4. The maximum Gasteiger partial charge on any atom is 0.220 e. The first kappa shape index (κ1) is 15.7. The number of hydrogen-bond acceptors (Lipinski definition) is 4. The van der Waals surface area contributed by atoms with E-state index >= 15 is 0 Å². The fraction of sp³-hybridized carbons (Fsp3) is 0.158. The molecule has 0 saturated carbocycles. The van der Waals surface area contributed by atoms with Gasteiger partial charge in [0.2, 0.25) is 5.91 Å². The molecule has 0 saturated heterocycles. The van der Waals surface area contributed by atoms with Crippen LogP contribution >= 0.6 is 11.3 Å². The Bertz CT molecular complexity index is 956. The zero-order valence-corrected chi connectivity index (χ0v) is 14.3. The summed E-state index contributed by atoms with van der Waals surface area (Å²) in [6, 6.07) is 13.8. The van der Waals surface area contributed by atoms with Crippen molar-refractivity contribution in [3.63, 3.8) is 0 Å². The third-order valence-corrected chi connectivity index (χ3v) is 4.70. The number of aromatic nitrogens is 2. The Hall–Kier alpha value is -2.86. The van der Waals surface area contributed by atoms with Crippen molar-refractivity contribution in [2.45, 2.75) is 19.4 Å². The van der Waals surface area contributed by atoms with E-state index < -0.39 is 0 Å². The molecule has 0 radical (unpaired) electrons. The highest BCUT2D eigenvalue weighted by Crippen LogP contribution is 2.22. The second kappa shape index (κ2) is 6.94. The molecule has 0 spiro atoms. The largest absolute Gasteiger partial charge is 0.461 e. The zero-order chi connectivity index (χ0) is 17.1. The third kappa shape index (κ3) is 3.64. The molecule has 0 aliphatic heterocycles. The third-order valence-electron chi connectivity index (χ3n) is 3.93. The molecule has 0 aliphatic rings. The number of carbonyl (C=O) groups is 1. The highest BCUT2D eigenvalue weighted by atomic mass is 32.1. The van der Waals surface area contributed by atoms with Gasteiger partial charge in [0.25, 0.3) is 0 Å². The lowest BCUT2D eigenvalue weighted by molar-refractivity contribution is -0.121. The van der Waals surface area contributed by atoms with E-state index in [2.05, 4.69) is 10.3 Å². The van der Waals surface area contributed by atoms with Crippen molar-refractivity contribution in [3.05, 3.63) is 71.7 Å². The molecule has 0 fully saturated rings. The first-order valence-corrected chi connectivity index (χ1v) is 8.98. The van der Waals surface area contributed by atoms with E-state index in [0.717, 1.165) is 27.7 Å². The van der Waals surface area contributed by atoms with E-state index in [1.165, 1.54) is 0 Å². The Morgan fingerprint density at radius 3 is 2.92 bits per heavy atom. The molecule has 3 aromatic heterocycles. The lowest BCUT2D eigenvalue weighted by Crippen LogP contribution is -2.23. The highest BCUT2D eigenvalue weighted by molar-refractivity contribution is 7.15. The molecule has 1 aromatic carbocycles. The fourth-order valence-electron chi connectivity index (χ4n) is 2.65. The van der Waals surface area contributed by atoms with Crippen LogP contribution in [0.4, 0.5) is 0 Å². The van der Waals surface area contributed by atoms with Crippen molar-refractivity contribution in [2.24, 2.45) is 0 Å². The Labute approximate surface area is 148 Å². The second-order valence-electron chi connectivity index (χ2n) is 5.73. The number of fused-ring (bicyclic) bond motifs is 1. The average Bonchev–Trinajstić information content (AvgIpc) is 3.34. The van der Waals surface area contributed by atoms with Crippen LogP contribution in [0.5, 0.6) is 0 Å². The summed E-state index contributed by atoms with van der Waals surface area (Å²) in [5.74, 6) is 1.64. The van der Waals surface area contributed by atoms with Gasteiger partial charge >= 0.3 is 0 Å². The van der Waals surface area contributed by atoms with E-state index in [-0.39, 0.29) is 5.91 Å². The molecule has 25 heavy (non-hydrogen) atoms. The number of imidazole rings is 1. The summed E-state index contributed by atoms with van der Waals surface area (Å²) in [5.41, 5.74) is 1.91. The topological polar surface area (TPSA) is 59.5 Å². The standard InChI is InChI=1S/C19H17N3O2S/c23-18(20-12-15-13-22-10-11-25-19(22)21-15)9-7-16-6-8-17(24-16)14-4-2-1-3-5-14/h1-6,8,10-11,13H,7,9,12H2,(H,20,23). The number of nitrogens with one attached hydrogen (secondary N) is 1. The summed E-state index contributed by atoms with van der Waals surface area (Å²) in [6.07, 6.45) is 4.87. The Kier molecular flexibility index (Phi) is 4.35. The quantitative estimate of drug-likeness (QED) is 0.573. The lowest BCUT2D eigenvalue weighted by Gasteiger charge is -2.02. The number of amides is 1. The molecule has 0 aliphatic carbocycles. The molecule has 5 nitrogen and oxygen atoms in total. The van der Waals surface area contributed by atoms with Crippen molar-refractivity contribution in [2.75, 3.05) is 0 Å². The van der Waals surface area contributed by atoms with E-state index in [9.17, 15) is 4.79 Å². The van der Waals surface area contributed by atoms with Crippen LogP contribution in [0, 0.1) is 0 Å². The minimum Gasteiger partial charge on any atom is -0.461 e. The van der Waals surface area contributed by atoms with Gasteiger partial charge in [0.1, 0.15) is 11.5 Å². The molecule has 4 aromatic rings. The van der Waals surface area contributed by atoms with Gasteiger partial charge in [0, 0.05) is 36.2 Å². The molecule has 126 valence electrons.